The van der Waals surface area contributed by atoms with E-state index in [1.807, 2.05) is 59.2 Å². The Balaban J connectivity index is 1.54. The number of ether oxygens (including phenoxy) is 2. The third kappa shape index (κ3) is 5.73. The molecule has 0 aliphatic carbocycles. The van der Waals surface area contributed by atoms with E-state index in [0.717, 1.165) is 29.5 Å². The molecule has 2 aromatic carbocycles. The first-order valence-corrected chi connectivity index (χ1v) is 14.7. The lowest BCUT2D eigenvalue weighted by atomic mass is 10.1. The van der Waals surface area contributed by atoms with Crippen molar-refractivity contribution in [2.45, 2.75) is 39.0 Å². The zero-order valence-corrected chi connectivity index (χ0v) is 20.3. The summed E-state index contributed by atoms with van der Waals surface area (Å²) in [5, 5.41) is 0.173. The summed E-state index contributed by atoms with van der Waals surface area (Å²) in [5.41, 5.74) is 3.99. The summed E-state index contributed by atoms with van der Waals surface area (Å²) in [6.45, 7) is 8.60. The summed E-state index contributed by atoms with van der Waals surface area (Å²) in [6, 6.07) is 19.0. The average molecular weight is 467 g/mol. The molecule has 6 nitrogen and oxygen atoms in total. The van der Waals surface area contributed by atoms with Gasteiger partial charge in [-0.25, -0.2) is 9.97 Å². The minimum atomic E-state index is -1.14. The van der Waals surface area contributed by atoms with Gasteiger partial charge in [-0.1, -0.05) is 62.1 Å². The molecule has 0 spiro atoms. The van der Waals surface area contributed by atoms with Crippen molar-refractivity contribution >= 4 is 30.8 Å². The molecule has 4 aromatic rings. The second kappa shape index (κ2) is 9.81. The Morgan fingerprint density at radius 1 is 1.00 bits per heavy atom. The molecule has 0 saturated heterocycles. The topological polar surface area (TPSA) is 62.1 Å². The van der Waals surface area contributed by atoms with E-state index in [1.54, 1.807) is 6.33 Å². The molecule has 8 heteroatoms. The summed E-state index contributed by atoms with van der Waals surface area (Å²) in [7, 11) is -1.14. The Labute approximate surface area is 194 Å². The van der Waals surface area contributed by atoms with Gasteiger partial charge < -0.3 is 9.47 Å². The number of halogens is 1. The first kappa shape index (κ1) is 22.5. The van der Waals surface area contributed by atoms with Crippen molar-refractivity contribution in [3.8, 4) is 17.0 Å². The lowest BCUT2D eigenvalue weighted by molar-refractivity contribution is 0.0895. The highest BCUT2D eigenvalue weighted by atomic mass is 35.5. The molecule has 0 N–H and O–H groups in total. The third-order valence-electron chi connectivity index (χ3n) is 5.02. The van der Waals surface area contributed by atoms with Gasteiger partial charge in [-0.15, -0.1) is 0 Å². The van der Waals surface area contributed by atoms with Gasteiger partial charge in [0, 0.05) is 20.2 Å². The van der Waals surface area contributed by atoms with Gasteiger partial charge in [-0.3, -0.25) is 4.57 Å². The molecule has 0 saturated carbocycles. The van der Waals surface area contributed by atoms with Crippen LogP contribution in [-0.2, 0) is 18.1 Å². The number of imidazole rings is 1. The maximum absolute atomic E-state index is 6.27. The predicted molar refractivity (Wildman–Crippen MR) is 131 cm³/mol. The van der Waals surface area contributed by atoms with Crippen LogP contribution in [0, 0.1) is 0 Å². The largest absolute Gasteiger partial charge is 0.489 e. The van der Waals surface area contributed by atoms with Crippen LogP contribution < -0.4 is 4.74 Å². The Kier molecular flexibility index (Phi) is 6.88. The minimum absolute atomic E-state index is 0.173. The number of aromatic nitrogens is 4. The second-order valence-corrected chi connectivity index (χ2v) is 14.8. The highest BCUT2D eigenvalue weighted by Crippen LogP contribution is 2.29. The molecule has 0 fully saturated rings. The van der Waals surface area contributed by atoms with Crippen molar-refractivity contribution in [1.82, 2.24) is 19.5 Å². The molecule has 2 aromatic heterocycles. The van der Waals surface area contributed by atoms with Crippen molar-refractivity contribution in [2.75, 3.05) is 6.61 Å². The van der Waals surface area contributed by atoms with E-state index in [1.165, 1.54) is 0 Å². The van der Waals surface area contributed by atoms with Crippen LogP contribution in [0.3, 0.4) is 0 Å². The van der Waals surface area contributed by atoms with Gasteiger partial charge in [0.2, 0.25) is 5.28 Å². The van der Waals surface area contributed by atoms with Crippen LogP contribution in [0.5, 0.6) is 5.75 Å². The van der Waals surface area contributed by atoms with Crippen LogP contribution in [0.15, 0.2) is 60.9 Å². The molecule has 32 heavy (non-hydrogen) atoms. The van der Waals surface area contributed by atoms with Gasteiger partial charge in [0.05, 0.1) is 6.33 Å². The smallest absolute Gasteiger partial charge is 0.225 e. The van der Waals surface area contributed by atoms with Gasteiger partial charge in [-0.05, 0) is 35.3 Å². The van der Waals surface area contributed by atoms with Crippen LogP contribution in [0.25, 0.3) is 22.4 Å². The van der Waals surface area contributed by atoms with E-state index in [0.29, 0.717) is 30.2 Å². The first-order valence-electron chi connectivity index (χ1n) is 10.6. The maximum Gasteiger partial charge on any atom is 0.225 e. The standard InChI is InChI=1S/C24H27ClN4O2Si/c1-32(2,3)13-12-30-17-29-16-26-22-21(27-24(25)28-23(22)29)19-10-7-11-20(14-19)31-15-18-8-5-4-6-9-18/h4-11,14,16H,12-13,15,17H2,1-3H3. The Morgan fingerprint density at radius 3 is 2.59 bits per heavy atom. The third-order valence-corrected chi connectivity index (χ3v) is 6.89. The number of hydrogen-bond acceptors (Lipinski definition) is 5. The molecular weight excluding hydrogens is 440 g/mol. The maximum atomic E-state index is 6.27. The molecule has 0 bridgehead atoms. The molecular formula is C24H27ClN4O2Si. The number of rotatable bonds is 9. The number of nitrogens with zero attached hydrogens (tertiary/aromatic N) is 4. The monoisotopic (exact) mass is 466 g/mol. The number of hydrogen-bond donors (Lipinski definition) is 0. The van der Waals surface area contributed by atoms with Crippen LogP contribution in [-0.4, -0.2) is 34.2 Å². The lowest BCUT2D eigenvalue weighted by Crippen LogP contribution is -2.22. The molecule has 0 atom stereocenters. The number of benzene rings is 2. The Morgan fingerprint density at radius 2 is 1.81 bits per heavy atom. The summed E-state index contributed by atoms with van der Waals surface area (Å²) in [6.07, 6.45) is 1.73. The van der Waals surface area contributed by atoms with E-state index < -0.39 is 8.07 Å². The van der Waals surface area contributed by atoms with E-state index in [4.69, 9.17) is 21.1 Å². The van der Waals surface area contributed by atoms with E-state index in [2.05, 4.69) is 34.6 Å². The predicted octanol–water partition coefficient (Wildman–Crippen LogP) is 6.04. The second-order valence-electron chi connectivity index (χ2n) is 8.88. The average Bonchev–Trinajstić information content (AvgIpc) is 3.17. The van der Waals surface area contributed by atoms with Crippen molar-refractivity contribution < 1.29 is 9.47 Å². The fraction of sp³-hybridized carbons (Fsp3) is 0.292. The van der Waals surface area contributed by atoms with Crippen molar-refractivity contribution in [2.24, 2.45) is 0 Å². The minimum Gasteiger partial charge on any atom is -0.489 e. The summed E-state index contributed by atoms with van der Waals surface area (Å²) < 4.78 is 13.7. The zero-order chi connectivity index (χ0) is 22.6. The van der Waals surface area contributed by atoms with Gasteiger partial charge in [0.15, 0.2) is 5.65 Å². The van der Waals surface area contributed by atoms with Crippen LogP contribution in [0.4, 0.5) is 0 Å². The normalized spacial score (nSPS) is 11.8. The summed E-state index contributed by atoms with van der Waals surface area (Å²) >= 11 is 6.27. The molecule has 2 heterocycles. The van der Waals surface area contributed by atoms with E-state index in [9.17, 15) is 0 Å². The SMILES string of the molecule is C[Si](C)(C)CCOCn1cnc2c(-c3cccc(OCc4ccccc4)c3)nc(Cl)nc21. The summed E-state index contributed by atoms with van der Waals surface area (Å²) in [4.78, 5) is 13.4. The van der Waals surface area contributed by atoms with Crippen LogP contribution in [0.2, 0.25) is 31.0 Å². The molecule has 0 aliphatic heterocycles. The first-order chi connectivity index (χ1) is 15.4. The fourth-order valence-corrected chi connectivity index (χ4v) is 4.15. The molecule has 0 unspecified atom stereocenters. The highest BCUT2D eigenvalue weighted by Gasteiger charge is 2.16. The molecule has 166 valence electrons. The van der Waals surface area contributed by atoms with Crippen molar-refractivity contribution in [1.29, 1.82) is 0 Å². The van der Waals surface area contributed by atoms with Gasteiger partial charge >= 0.3 is 0 Å². The highest BCUT2D eigenvalue weighted by molar-refractivity contribution is 6.76. The van der Waals surface area contributed by atoms with Crippen molar-refractivity contribution in [3.63, 3.8) is 0 Å². The quantitative estimate of drug-likeness (QED) is 0.171. The zero-order valence-electron chi connectivity index (χ0n) is 18.6. The molecule has 0 aliphatic rings. The molecule has 0 radical (unpaired) electrons. The fourth-order valence-electron chi connectivity index (χ4n) is 3.23. The molecule has 4 rings (SSSR count). The van der Waals surface area contributed by atoms with Gasteiger partial charge in [-0.2, -0.15) is 4.98 Å². The van der Waals surface area contributed by atoms with E-state index >= 15 is 0 Å². The van der Waals surface area contributed by atoms with Crippen LogP contribution in [0.1, 0.15) is 5.56 Å². The van der Waals surface area contributed by atoms with Crippen molar-refractivity contribution in [3.05, 3.63) is 71.8 Å². The molecule has 0 amide bonds. The van der Waals surface area contributed by atoms with Crippen LogP contribution >= 0.6 is 11.6 Å². The van der Waals surface area contributed by atoms with Gasteiger partial charge in [0.25, 0.3) is 0 Å². The van der Waals surface area contributed by atoms with E-state index in [-0.39, 0.29) is 5.28 Å². The lowest BCUT2D eigenvalue weighted by Gasteiger charge is -2.15. The Bertz CT molecular complexity index is 1190. The Hall–Kier alpha value is -2.74. The van der Waals surface area contributed by atoms with Gasteiger partial charge in [0.1, 0.15) is 30.3 Å². The number of fused-ring (bicyclic) bond motifs is 1. The summed E-state index contributed by atoms with van der Waals surface area (Å²) in [5.74, 6) is 0.753.